The van der Waals surface area contributed by atoms with Crippen molar-refractivity contribution in [1.29, 1.82) is 0 Å². The molecule has 0 bridgehead atoms. The zero-order chi connectivity index (χ0) is 13.9. The van der Waals surface area contributed by atoms with Crippen molar-refractivity contribution in [2.45, 2.75) is 6.04 Å². The van der Waals surface area contributed by atoms with Crippen molar-refractivity contribution in [1.82, 2.24) is 4.57 Å². The third kappa shape index (κ3) is 2.46. The van der Waals surface area contributed by atoms with Crippen molar-refractivity contribution in [3.8, 4) is 0 Å². The molecule has 1 heterocycles. The summed E-state index contributed by atoms with van der Waals surface area (Å²) >= 11 is 0. The SMILES string of the molecule is C=C[C@@H](CO)n1cc(C(N)=O)c(=O)cc1C(N)=O. The molecule has 7 nitrogen and oxygen atoms in total. The van der Waals surface area contributed by atoms with Crippen LogP contribution in [0, 0.1) is 0 Å². The molecule has 7 heteroatoms. The topological polar surface area (TPSA) is 128 Å². The second-order valence-corrected chi connectivity index (χ2v) is 3.56. The van der Waals surface area contributed by atoms with Crippen LogP contribution in [0.3, 0.4) is 0 Å². The first kappa shape index (κ1) is 13.7. The molecule has 0 saturated carbocycles. The van der Waals surface area contributed by atoms with Crippen LogP contribution in [0.25, 0.3) is 0 Å². The molecule has 1 aromatic heterocycles. The highest BCUT2D eigenvalue weighted by atomic mass is 16.3. The number of carbonyl (C=O) groups excluding carboxylic acids is 2. The molecule has 18 heavy (non-hydrogen) atoms. The fraction of sp³-hybridized carbons (Fsp3) is 0.182. The Hall–Kier alpha value is -2.41. The van der Waals surface area contributed by atoms with Gasteiger partial charge >= 0.3 is 0 Å². The molecule has 0 aliphatic heterocycles. The summed E-state index contributed by atoms with van der Waals surface area (Å²) in [5.74, 6) is -1.78. The molecule has 5 N–H and O–H groups in total. The van der Waals surface area contributed by atoms with Crippen molar-refractivity contribution in [2.75, 3.05) is 6.61 Å². The van der Waals surface area contributed by atoms with Gasteiger partial charge < -0.3 is 21.1 Å². The quantitative estimate of drug-likeness (QED) is 0.565. The molecule has 96 valence electrons. The number of amides is 2. The van der Waals surface area contributed by atoms with Crippen molar-refractivity contribution in [2.24, 2.45) is 11.5 Å². The normalized spacial score (nSPS) is 11.8. The molecule has 0 aromatic carbocycles. The van der Waals surface area contributed by atoms with E-state index < -0.39 is 23.3 Å². The minimum absolute atomic E-state index is 0.135. The Labute approximate surface area is 102 Å². The van der Waals surface area contributed by atoms with Gasteiger partial charge in [0.05, 0.1) is 12.6 Å². The van der Waals surface area contributed by atoms with Crippen LogP contribution in [0.2, 0.25) is 0 Å². The summed E-state index contributed by atoms with van der Waals surface area (Å²) in [5.41, 5.74) is 9.03. The molecule has 0 spiro atoms. The van der Waals surface area contributed by atoms with Crippen molar-refractivity contribution < 1.29 is 14.7 Å². The van der Waals surface area contributed by atoms with Crippen LogP contribution in [0.4, 0.5) is 0 Å². The van der Waals surface area contributed by atoms with E-state index in [4.69, 9.17) is 16.6 Å². The fourth-order valence-corrected chi connectivity index (χ4v) is 1.48. The average molecular weight is 251 g/mol. The first-order valence-corrected chi connectivity index (χ1v) is 5.01. The van der Waals surface area contributed by atoms with Crippen molar-refractivity contribution in [3.05, 3.63) is 46.4 Å². The molecule has 0 unspecified atom stereocenters. The van der Waals surface area contributed by atoms with Crippen molar-refractivity contribution >= 4 is 11.8 Å². The highest BCUT2D eigenvalue weighted by Crippen LogP contribution is 2.11. The number of nitrogens with zero attached hydrogens (tertiary/aromatic N) is 1. The van der Waals surface area contributed by atoms with E-state index in [9.17, 15) is 14.4 Å². The highest BCUT2D eigenvalue weighted by Gasteiger charge is 2.17. The minimum Gasteiger partial charge on any atom is -0.394 e. The second kappa shape index (κ2) is 5.28. The summed E-state index contributed by atoms with van der Waals surface area (Å²) in [6.07, 6.45) is 2.44. The van der Waals surface area contributed by atoms with Crippen LogP contribution in [0.15, 0.2) is 29.7 Å². The molecule has 0 aliphatic rings. The number of aromatic nitrogens is 1. The summed E-state index contributed by atoms with van der Waals surface area (Å²) in [6.45, 7) is 3.11. The summed E-state index contributed by atoms with van der Waals surface area (Å²) in [6, 6.07) is 0.223. The van der Waals surface area contributed by atoms with Gasteiger partial charge in [-0.2, -0.15) is 0 Å². The Kier molecular flexibility index (Phi) is 4.01. The maximum Gasteiger partial charge on any atom is 0.265 e. The monoisotopic (exact) mass is 251 g/mol. The summed E-state index contributed by atoms with van der Waals surface area (Å²) in [4.78, 5) is 33.8. The van der Waals surface area contributed by atoms with E-state index in [0.29, 0.717) is 0 Å². The zero-order valence-electron chi connectivity index (χ0n) is 9.50. The molecule has 1 aromatic rings. The summed E-state index contributed by atoms with van der Waals surface area (Å²) < 4.78 is 1.19. The van der Waals surface area contributed by atoms with E-state index in [-0.39, 0.29) is 17.9 Å². The van der Waals surface area contributed by atoms with Gasteiger partial charge in [-0.15, -0.1) is 6.58 Å². The standard InChI is InChI=1S/C11H13N3O4/c1-2-6(5-15)14-4-7(10(12)17)9(16)3-8(14)11(13)18/h2-4,6,15H,1,5H2,(H2,12,17)(H2,13,18)/t6-/m0/s1. The van der Waals surface area contributed by atoms with Crippen LogP contribution < -0.4 is 16.9 Å². The fourth-order valence-electron chi connectivity index (χ4n) is 1.48. The largest absolute Gasteiger partial charge is 0.394 e. The van der Waals surface area contributed by atoms with Crippen LogP contribution >= 0.6 is 0 Å². The third-order valence-corrected chi connectivity index (χ3v) is 2.41. The Bertz CT molecular complexity index is 562. The number of hydrogen-bond donors (Lipinski definition) is 3. The summed E-state index contributed by atoms with van der Waals surface area (Å²) in [5, 5.41) is 9.15. The van der Waals surface area contributed by atoms with E-state index >= 15 is 0 Å². The number of carbonyl (C=O) groups is 2. The Balaban J connectivity index is 3.59. The molecule has 1 atom stereocenters. The van der Waals surface area contributed by atoms with Gasteiger partial charge in [-0.1, -0.05) is 6.08 Å². The van der Waals surface area contributed by atoms with Gasteiger partial charge in [0.2, 0.25) is 0 Å². The van der Waals surface area contributed by atoms with E-state index in [1.54, 1.807) is 0 Å². The first-order chi connectivity index (χ1) is 8.42. The van der Waals surface area contributed by atoms with Gasteiger partial charge in [0.1, 0.15) is 11.3 Å². The van der Waals surface area contributed by atoms with E-state index in [0.717, 1.165) is 12.3 Å². The molecule has 0 radical (unpaired) electrons. The van der Waals surface area contributed by atoms with Crippen LogP contribution in [0.1, 0.15) is 26.9 Å². The molecular formula is C11H13N3O4. The smallest absolute Gasteiger partial charge is 0.265 e. The van der Waals surface area contributed by atoms with Gasteiger partial charge in [0.25, 0.3) is 11.8 Å². The number of pyridine rings is 1. The second-order valence-electron chi connectivity index (χ2n) is 3.56. The van der Waals surface area contributed by atoms with Gasteiger partial charge in [-0.05, 0) is 0 Å². The lowest BCUT2D eigenvalue weighted by Gasteiger charge is -2.18. The number of rotatable bonds is 5. The third-order valence-electron chi connectivity index (χ3n) is 2.41. The lowest BCUT2D eigenvalue weighted by Crippen LogP contribution is -2.30. The van der Waals surface area contributed by atoms with Crippen LogP contribution in [-0.4, -0.2) is 28.1 Å². The number of hydrogen-bond acceptors (Lipinski definition) is 4. The maximum atomic E-state index is 11.5. The molecule has 2 amide bonds. The predicted molar refractivity (Wildman–Crippen MR) is 64.1 cm³/mol. The van der Waals surface area contributed by atoms with Gasteiger partial charge in [-0.25, -0.2) is 0 Å². The van der Waals surface area contributed by atoms with Gasteiger partial charge in [0, 0.05) is 12.3 Å². The zero-order valence-corrected chi connectivity index (χ0v) is 9.50. The van der Waals surface area contributed by atoms with Crippen molar-refractivity contribution in [3.63, 3.8) is 0 Å². The minimum atomic E-state index is -0.925. The van der Waals surface area contributed by atoms with Crippen LogP contribution in [-0.2, 0) is 0 Å². The molecule has 0 saturated heterocycles. The van der Waals surface area contributed by atoms with Gasteiger partial charge in [0.15, 0.2) is 5.43 Å². The number of aliphatic hydroxyl groups is 1. The van der Waals surface area contributed by atoms with Crippen LogP contribution in [0.5, 0.6) is 0 Å². The Morgan fingerprint density at radius 1 is 1.44 bits per heavy atom. The summed E-state index contributed by atoms with van der Waals surface area (Å²) in [7, 11) is 0. The van der Waals surface area contributed by atoms with Gasteiger partial charge in [-0.3, -0.25) is 14.4 Å². The molecular weight excluding hydrogens is 238 g/mol. The molecule has 0 fully saturated rings. The molecule has 1 rings (SSSR count). The molecule has 0 aliphatic carbocycles. The number of aliphatic hydroxyl groups excluding tert-OH is 1. The number of nitrogens with two attached hydrogens (primary N) is 2. The van der Waals surface area contributed by atoms with E-state index in [2.05, 4.69) is 6.58 Å². The lowest BCUT2D eigenvalue weighted by atomic mass is 10.2. The number of primary amides is 2. The maximum absolute atomic E-state index is 11.5. The Morgan fingerprint density at radius 2 is 2.06 bits per heavy atom. The highest BCUT2D eigenvalue weighted by molar-refractivity contribution is 5.95. The lowest BCUT2D eigenvalue weighted by molar-refractivity contribution is 0.0975. The van der Waals surface area contributed by atoms with E-state index in [1.807, 2.05) is 0 Å². The Morgan fingerprint density at radius 3 is 2.44 bits per heavy atom. The first-order valence-electron chi connectivity index (χ1n) is 5.01. The average Bonchev–Trinajstić information content (AvgIpc) is 2.31. The predicted octanol–water partition coefficient (Wildman–Crippen LogP) is -1.23. The van der Waals surface area contributed by atoms with E-state index in [1.165, 1.54) is 10.6 Å².